The van der Waals surface area contributed by atoms with E-state index in [9.17, 15) is 0 Å². The first kappa shape index (κ1) is 15.6. The molecule has 0 spiro atoms. The minimum absolute atomic E-state index is 0.161. The number of hydrogen-bond donors (Lipinski definition) is 2. The second-order valence-electron chi connectivity index (χ2n) is 4.02. The number of aliphatic imine (C=N–C) groups is 1. The van der Waals surface area contributed by atoms with Crippen LogP contribution in [0.15, 0.2) is 52.6 Å². The van der Waals surface area contributed by atoms with Gasteiger partial charge in [0.1, 0.15) is 0 Å². The summed E-state index contributed by atoms with van der Waals surface area (Å²) in [6.45, 7) is 0. The van der Waals surface area contributed by atoms with E-state index in [4.69, 9.17) is 40.5 Å². The molecule has 0 aliphatic carbocycles. The van der Waals surface area contributed by atoms with Gasteiger partial charge in [-0.05, 0) is 42.0 Å². The molecule has 0 bridgehead atoms. The minimum Gasteiger partial charge on any atom is -0.368 e. The number of benzene rings is 2. The molecule has 0 aliphatic rings. The van der Waals surface area contributed by atoms with Crippen LogP contribution in [0.4, 0.5) is 5.69 Å². The molecule has 0 radical (unpaired) electrons. The van der Waals surface area contributed by atoms with E-state index in [1.54, 1.807) is 48.7 Å². The van der Waals surface area contributed by atoms with Gasteiger partial charge >= 0.3 is 0 Å². The summed E-state index contributed by atoms with van der Waals surface area (Å²) in [6, 6.07) is 12.1. The number of hydrogen-bond acceptors (Lipinski definition) is 2. The van der Waals surface area contributed by atoms with Gasteiger partial charge in [0.05, 0.1) is 21.9 Å². The zero-order valence-corrected chi connectivity index (χ0v) is 13.0. The van der Waals surface area contributed by atoms with Crippen LogP contribution in [0.5, 0.6) is 0 Å². The lowest BCUT2D eigenvalue weighted by Gasteiger charge is -2.00. The molecule has 0 saturated heterocycles. The molecule has 3 N–H and O–H groups in total. The molecule has 0 fully saturated rings. The van der Waals surface area contributed by atoms with Crippen LogP contribution in [-0.2, 0) is 0 Å². The molecule has 2 aromatic rings. The van der Waals surface area contributed by atoms with E-state index in [2.05, 4.69) is 15.5 Å². The average molecular weight is 342 g/mol. The van der Waals surface area contributed by atoms with Gasteiger partial charge in [0.2, 0.25) is 5.96 Å². The molecule has 21 heavy (non-hydrogen) atoms. The van der Waals surface area contributed by atoms with Crippen molar-refractivity contribution in [2.24, 2.45) is 15.8 Å². The molecule has 108 valence electrons. The van der Waals surface area contributed by atoms with Crippen LogP contribution in [0.1, 0.15) is 5.56 Å². The van der Waals surface area contributed by atoms with Crippen molar-refractivity contribution in [3.8, 4) is 0 Å². The van der Waals surface area contributed by atoms with Crippen LogP contribution in [0, 0.1) is 0 Å². The molecule has 0 heterocycles. The van der Waals surface area contributed by atoms with Gasteiger partial charge in [0.15, 0.2) is 0 Å². The van der Waals surface area contributed by atoms with Crippen LogP contribution < -0.4 is 11.2 Å². The SMILES string of the molecule is NC(=Nc1ccc(Cl)cc1)NN=Cc1ccc(Cl)c(Cl)c1. The van der Waals surface area contributed by atoms with E-state index >= 15 is 0 Å². The van der Waals surface area contributed by atoms with E-state index in [0.717, 1.165) is 5.56 Å². The highest BCUT2D eigenvalue weighted by atomic mass is 35.5. The average Bonchev–Trinajstić information content (AvgIpc) is 2.45. The van der Waals surface area contributed by atoms with Crippen molar-refractivity contribution < 1.29 is 0 Å². The fraction of sp³-hybridized carbons (Fsp3) is 0. The van der Waals surface area contributed by atoms with Crippen molar-refractivity contribution >= 4 is 52.7 Å². The summed E-state index contributed by atoms with van der Waals surface area (Å²) in [6.07, 6.45) is 1.56. The predicted octanol–water partition coefficient (Wildman–Crippen LogP) is 4.22. The summed E-state index contributed by atoms with van der Waals surface area (Å²) < 4.78 is 0. The molecular weight excluding hydrogens is 331 g/mol. The summed E-state index contributed by atoms with van der Waals surface area (Å²) in [5.41, 5.74) is 9.79. The maximum absolute atomic E-state index is 5.90. The Morgan fingerprint density at radius 1 is 1.00 bits per heavy atom. The Morgan fingerprint density at radius 2 is 1.71 bits per heavy atom. The van der Waals surface area contributed by atoms with Gasteiger partial charge in [-0.15, -0.1) is 0 Å². The van der Waals surface area contributed by atoms with Crippen molar-refractivity contribution in [2.45, 2.75) is 0 Å². The van der Waals surface area contributed by atoms with Gasteiger partial charge in [-0.25, -0.2) is 10.4 Å². The number of hydrazone groups is 1. The standard InChI is InChI=1S/C14H11Cl3N4/c15-10-2-4-11(5-3-10)20-14(18)21-19-8-9-1-6-12(16)13(17)7-9/h1-8H,(H3,18,20,21). The zero-order valence-electron chi connectivity index (χ0n) is 10.7. The Labute approximate surface area is 137 Å². The number of nitrogens with two attached hydrogens (primary N) is 1. The first-order valence-corrected chi connectivity index (χ1v) is 7.02. The van der Waals surface area contributed by atoms with Gasteiger partial charge in [0.25, 0.3) is 0 Å². The first-order valence-electron chi connectivity index (χ1n) is 5.88. The fourth-order valence-electron chi connectivity index (χ4n) is 1.45. The van der Waals surface area contributed by atoms with Crippen LogP contribution in [0.25, 0.3) is 0 Å². The van der Waals surface area contributed by atoms with Crippen molar-refractivity contribution in [1.82, 2.24) is 5.43 Å². The zero-order chi connectivity index (χ0) is 15.2. The topological polar surface area (TPSA) is 62.8 Å². The summed E-state index contributed by atoms with van der Waals surface area (Å²) in [7, 11) is 0. The van der Waals surface area contributed by atoms with Gasteiger partial charge in [0, 0.05) is 5.02 Å². The minimum atomic E-state index is 0.161. The van der Waals surface area contributed by atoms with Crippen molar-refractivity contribution in [3.05, 3.63) is 63.1 Å². The molecule has 2 aromatic carbocycles. The monoisotopic (exact) mass is 340 g/mol. The number of halogens is 3. The molecule has 2 rings (SSSR count). The van der Waals surface area contributed by atoms with Crippen LogP contribution in [-0.4, -0.2) is 12.2 Å². The summed E-state index contributed by atoms with van der Waals surface area (Å²) in [5.74, 6) is 0.161. The Bertz CT molecular complexity index is 681. The number of nitrogens with zero attached hydrogens (tertiary/aromatic N) is 2. The normalized spacial score (nSPS) is 11.9. The quantitative estimate of drug-likeness (QED) is 0.499. The molecule has 0 amide bonds. The molecule has 0 unspecified atom stereocenters. The molecule has 0 saturated carbocycles. The summed E-state index contributed by atoms with van der Waals surface area (Å²) >= 11 is 17.5. The third-order valence-electron chi connectivity index (χ3n) is 2.41. The van der Waals surface area contributed by atoms with Crippen LogP contribution >= 0.6 is 34.8 Å². The first-order chi connectivity index (χ1) is 10.0. The van der Waals surface area contributed by atoms with E-state index in [1.807, 2.05) is 0 Å². The van der Waals surface area contributed by atoms with Gasteiger partial charge in [-0.1, -0.05) is 40.9 Å². The van der Waals surface area contributed by atoms with Crippen molar-refractivity contribution in [1.29, 1.82) is 0 Å². The van der Waals surface area contributed by atoms with Gasteiger partial charge < -0.3 is 5.73 Å². The van der Waals surface area contributed by atoms with E-state index < -0.39 is 0 Å². The number of rotatable bonds is 3. The maximum atomic E-state index is 5.90. The molecule has 4 nitrogen and oxygen atoms in total. The second-order valence-corrected chi connectivity index (χ2v) is 5.27. The lowest BCUT2D eigenvalue weighted by atomic mass is 10.2. The Morgan fingerprint density at radius 3 is 2.38 bits per heavy atom. The van der Waals surface area contributed by atoms with E-state index in [1.165, 1.54) is 0 Å². The number of nitrogens with one attached hydrogen (secondary N) is 1. The van der Waals surface area contributed by atoms with E-state index in [0.29, 0.717) is 20.8 Å². The molecular formula is C14H11Cl3N4. The Hall–Kier alpha value is -1.75. The third kappa shape index (κ3) is 4.93. The predicted molar refractivity (Wildman–Crippen MR) is 89.9 cm³/mol. The van der Waals surface area contributed by atoms with Gasteiger partial charge in [-0.3, -0.25) is 0 Å². The molecule has 7 heteroatoms. The van der Waals surface area contributed by atoms with Gasteiger partial charge in [-0.2, -0.15) is 5.10 Å². The highest BCUT2D eigenvalue weighted by molar-refractivity contribution is 6.42. The fourth-order valence-corrected chi connectivity index (χ4v) is 1.88. The van der Waals surface area contributed by atoms with Crippen LogP contribution in [0.3, 0.4) is 0 Å². The Balaban J connectivity index is 1.99. The highest BCUT2D eigenvalue weighted by Crippen LogP contribution is 2.21. The largest absolute Gasteiger partial charge is 0.368 e. The lowest BCUT2D eigenvalue weighted by Crippen LogP contribution is -2.26. The van der Waals surface area contributed by atoms with E-state index in [-0.39, 0.29) is 5.96 Å². The number of guanidine groups is 1. The van der Waals surface area contributed by atoms with Crippen molar-refractivity contribution in [2.75, 3.05) is 0 Å². The summed E-state index contributed by atoms with van der Waals surface area (Å²) in [5, 5.41) is 5.56. The van der Waals surface area contributed by atoms with Crippen LogP contribution in [0.2, 0.25) is 15.1 Å². The Kier molecular flexibility index (Phi) is 5.44. The maximum Gasteiger partial charge on any atom is 0.214 e. The smallest absolute Gasteiger partial charge is 0.214 e. The lowest BCUT2D eigenvalue weighted by molar-refractivity contribution is 1.01. The third-order valence-corrected chi connectivity index (χ3v) is 3.40. The second kappa shape index (κ2) is 7.31. The molecule has 0 aromatic heterocycles. The summed E-state index contributed by atoms with van der Waals surface area (Å²) in [4.78, 5) is 4.13. The van der Waals surface area contributed by atoms with Crippen molar-refractivity contribution in [3.63, 3.8) is 0 Å². The highest BCUT2D eigenvalue weighted by Gasteiger charge is 1.97. The molecule has 0 aliphatic heterocycles. The molecule has 0 atom stereocenters.